The van der Waals surface area contributed by atoms with E-state index in [9.17, 15) is 0 Å². The average molecular weight is 578 g/mol. The Bertz CT molecular complexity index is 2090. The molecule has 7 aromatic rings. The van der Waals surface area contributed by atoms with Crippen LogP contribution in [0.3, 0.4) is 0 Å². The second-order valence-electron chi connectivity index (χ2n) is 9.76. The van der Waals surface area contributed by atoms with Crippen molar-refractivity contribution in [3.8, 4) is 11.1 Å². The molecule has 0 aliphatic heterocycles. The number of allylic oxidation sites excluding steroid dienone is 5. The predicted octanol–water partition coefficient (Wildman–Crippen LogP) is 12.8. The lowest BCUT2D eigenvalue weighted by molar-refractivity contribution is 0.667. The maximum absolute atomic E-state index is 6.26. The number of furan rings is 2. The monoisotopic (exact) mass is 577 g/mol. The molecule has 44 heavy (non-hydrogen) atoms. The van der Waals surface area contributed by atoms with Crippen LogP contribution >= 0.6 is 0 Å². The molecule has 2 heterocycles. The number of anilines is 1. The van der Waals surface area contributed by atoms with Gasteiger partial charge in [-0.3, -0.25) is 0 Å². The largest absolute Gasteiger partial charge is 0.455 e. The first kappa shape index (κ1) is 30.2. The van der Waals surface area contributed by atoms with Crippen LogP contribution in [-0.2, 0) is 0 Å². The number of para-hydroxylation sites is 4. The highest BCUT2D eigenvalue weighted by Gasteiger charge is 2.13. The summed E-state index contributed by atoms with van der Waals surface area (Å²) in [5, 5.41) is 7.94. The average Bonchev–Trinajstić information content (AvgIpc) is 3.67. The van der Waals surface area contributed by atoms with Crippen LogP contribution in [0.5, 0.6) is 0 Å². The molecule has 1 N–H and O–H groups in total. The fourth-order valence-electron chi connectivity index (χ4n) is 5.41. The van der Waals surface area contributed by atoms with Gasteiger partial charge in [-0.25, -0.2) is 0 Å². The third-order valence-corrected chi connectivity index (χ3v) is 7.28. The van der Waals surface area contributed by atoms with E-state index in [4.69, 9.17) is 8.83 Å². The number of hydrogen-bond donors (Lipinski definition) is 1. The minimum Gasteiger partial charge on any atom is -0.455 e. The molecular formula is C41H39NO2. The van der Waals surface area contributed by atoms with Gasteiger partial charge in [-0.15, -0.1) is 0 Å². The van der Waals surface area contributed by atoms with E-state index in [2.05, 4.69) is 96.3 Å². The highest BCUT2D eigenvalue weighted by Crippen LogP contribution is 2.36. The van der Waals surface area contributed by atoms with Gasteiger partial charge < -0.3 is 14.2 Å². The van der Waals surface area contributed by atoms with Crippen LogP contribution in [0.25, 0.3) is 60.6 Å². The van der Waals surface area contributed by atoms with Crippen molar-refractivity contribution in [2.24, 2.45) is 0 Å². The van der Waals surface area contributed by atoms with E-state index in [1.54, 1.807) is 0 Å². The summed E-state index contributed by atoms with van der Waals surface area (Å²) in [4.78, 5) is 0. The summed E-state index contributed by atoms with van der Waals surface area (Å²) in [7, 11) is 0. The van der Waals surface area contributed by atoms with Crippen molar-refractivity contribution < 1.29 is 8.83 Å². The van der Waals surface area contributed by atoms with Crippen molar-refractivity contribution in [3.63, 3.8) is 0 Å². The molecule has 220 valence electrons. The van der Waals surface area contributed by atoms with E-state index >= 15 is 0 Å². The first-order valence-electron chi connectivity index (χ1n) is 15.5. The van der Waals surface area contributed by atoms with Gasteiger partial charge in [-0.05, 0) is 48.4 Å². The predicted molar refractivity (Wildman–Crippen MR) is 191 cm³/mol. The Labute approximate surface area is 259 Å². The molecule has 5 aromatic carbocycles. The fraction of sp³-hybridized carbons (Fsp3) is 0.122. The maximum Gasteiger partial charge on any atom is 0.143 e. The summed E-state index contributed by atoms with van der Waals surface area (Å²) in [6, 6.07) is 37.4. The molecule has 0 bridgehead atoms. The second kappa shape index (κ2) is 14.3. The summed E-state index contributed by atoms with van der Waals surface area (Å²) in [5.41, 5.74) is 9.02. The van der Waals surface area contributed by atoms with Crippen LogP contribution in [0.2, 0.25) is 0 Å². The smallest absolute Gasteiger partial charge is 0.143 e. The van der Waals surface area contributed by atoms with Gasteiger partial charge in [0.25, 0.3) is 0 Å². The highest BCUT2D eigenvalue weighted by molar-refractivity contribution is 6.10. The first-order chi connectivity index (χ1) is 21.8. The molecule has 0 unspecified atom stereocenters. The summed E-state index contributed by atoms with van der Waals surface area (Å²) >= 11 is 0. The minimum absolute atomic E-state index is 0.905. The van der Waals surface area contributed by atoms with Crippen molar-refractivity contribution in [3.05, 3.63) is 145 Å². The Hall–Kier alpha value is -5.28. The molecule has 3 heteroatoms. The topological polar surface area (TPSA) is 38.3 Å². The van der Waals surface area contributed by atoms with Gasteiger partial charge in [0.05, 0.1) is 0 Å². The molecular weight excluding hydrogens is 538 g/mol. The molecule has 2 aromatic heterocycles. The lowest BCUT2D eigenvalue weighted by atomic mass is 10.0. The summed E-state index contributed by atoms with van der Waals surface area (Å²) < 4.78 is 12.5. The Morgan fingerprint density at radius 1 is 0.591 bits per heavy atom. The summed E-state index contributed by atoms with van der Waals surface area (Å²) in [6.07, 6.45) is 10.2. The van der Waals surface area contributed by atoms with Crippen molar-refractivity contribution >= 4 is 55.1 Å². The third kappa shape index (κ3) is 5.95. The fourth-order valence-corrected chi connectivity index (χ4v) is 5.41. The lowest BCUT2D eigenvalue weighted by Crippen LogP contribution is -1.87. The molecule has 0 aliphatic carbocycles. The molecule has 0 saturated carbocycles. The van der Waals surface area contributed by atoms with Gasteiger partial charge >= 0.3 is 0 Å². The molecule has 0 spiro atoms. The lowest BCUT2D eigenvalue weighted by Gasteiger charge is -2.06. The minimum atomic E-state index is 0.905. The zero-order valence-corrected chi connectivity index (χ0v) is 26.1. The second-order valence-corrected chi connectivity index (χ2v) is 9.76. The molecule has 0 amide bonds. The molecule has 0 radical (unpaired) electrons. The van der Waals surface area contributed by atoms with Gasteiger partial charge in [0.2, 0.25) is 0 Å². The highest BCUT2D eigenvalue weighted by atomic mass is 16.3. The molecule has 0 atom stereocenters. The SMILES string of the molecule is CC.CC.C\C=C/C(=C\C=C\Nc1ccc(-c2cccc3c2oc2ccccc23)cc1)c1cccc2c1oc1ccccc12. The molecule has 0 aliphatic rings. The van der Waals surface area contributed by atoms with E-state index in [1.165, 1.54) is 0 Å². The van der Waals surface area contributed by atoms with E-state index in [0.29, 0.717) is 0 Å². The Morgan fingerprint density at radius 2 is 1.16 bits per heavy atom. The molecule has 0 fully saturated rings. The van der Waals surface area contributed by atoms with E-state index in [0.717, 1.165) is 71.8 Å². The number of fused-ring (bicyclic) bond motifs is 6. The van der Waals surface area contributed by atoms with Gasteiger partial charge in [0, 0.05) is 44.6 Å². The van der Waals surface area contributed by atoms with Crippen molar-refractivity contribution in [1.82, 2.24) is 0 Å². The van der Waals surface area contributed by atoms with Crippen LogP contribution in [0, 0.1) is 0 Å². The van der Waals surface area contributed by atoms with E-state index in [1.807, 2.05) is 83.3 Å². The zero-order chi connectivity index (χ0) is 30.9. The summed E-state index contributed by atoms with van der Waals surface area (Å²) in [6.45, 7) is 10.0. The van der Waals surface area contributed by atoms with Crippen LogP contribution in [-0.4, -0.2) is 0 Å². The van der Waals surface area contributed by atoms with Gasteiger partial charge in [0.15, 0.2) is 0 Å². The first-order valence-corrected chi connectivity index (χ1v) is 15.5. The molecule has 0 saturated heterocycles. The Kier molecular flexibility index (Phi) is 9.78. The van der Waals surface area contributed by atoms with Crippen LogP contribution in [0.1, 0.15) is 40.2 Å². The third-order valence-electron chi connectivity index (χ3n) is 7.28. The molecule has 3 nitrogen and oxygen atoms in total. The van der Waals surface area contributed by atoms with Crippen molar-refractivity contribution in [1.29, 1.82) is 0 Å². The Morgan fingerprint density at radius 3 is 1.82 bits per heavy atom. The number of rotatable bonds is 6. The van der Waals surface area contributed by atoms with E-state index in [-0.39, 0.29) is 0 Å². The molecule has 7 rings (SSSR count). The van der Waals surface area contributed by atoms with Crippen LogP contribution < -0.4 is 5.32 Å². The quantitative estimate of drug-likeness (QED) is 0.200. The Balaban J connectivity index is 0.000000924. The number of benzene rings is 5. The van der Waals surface area contributed by atoms with Gasteiger partial charge in [-0.1, -0.05) is 131 Å². The number of nitrogens with one attached hydrogen (secondary N) is 1. The van der Waals surface area contributed by atoms with Crippen molar-refractivity contribution in [2.45, 2.75) is 34.6 Å². The van der Waals surface area contributed by atoms with Gasteiger partial charge in [-0.2, -0.15) is 0 Å². The van der Waals surface area contributed by atoms with Crippen LogP contribution in [0.15, 0.2) is 149 Å². The maximum atomic E-state index is 6.26. The normalized spacial score (nSPS) is 11.7. The van der Waals surface area contributed by atoms with Gasteiger partial charge in [0.1, 0.15) is 22.3 Å². The standard InChI is InChI=1S/C37H27NO2.2C2H6/c1-2-10-25(28-14-7-16-32-30-12-3-5-18-34(30)39-36(28)32)11-9-24-38-27-22-20-26(21-23-27)29-15-8-17-33-31-13-4-6-19-35(31)40-37(29)33;2*1-2/h2-24,38H,1H3;2*1-2H3/b10-2-,24-9+,25-11+;;. The van der Waals surface area contributed by atoms with Crippen LogP contribution in [0.4, 0.5) is 5.69 Å². The van der Waals surface area contributed by atoms with Crippen molar-refractivity contribution in [2.75, 3.05) is 5.32 Å². The zero-order valence-electron chi connectivity index (χ0n) is 26.1. The summed E-state index contributed by atoms with van der Waals surface area (Å²) in [5.74, 6) is 0. The number of hydrogen-bond acceptors (Lipinski definition) is 3. The van der Waals surface area contributed by atoms with E-state index < -0.39 is 0 Å².